The molecule has 0 bridgehead atoms. The van der Waals surface area contributed by atoms with Crippen LogP contribution in [0.4, 0.5) is 10.5 Å². The Hall–Kier alpha value is -2.57. The number of fused-ring (bicyclic) bond motifs is 1. The third kappa shape index (κ3) is 4.00. The molecule has 0 fully saturated rings. The largest absolute Gasteiger partial charge is 0.350 e. The molecule has 0 aliphatic carbocycles. The molecule has 2 aromatic rings. The Balaban J connectivity index is 2.30. The summed E-state index contributed by atoms with van der Waals surface area (Å²) in [5.74, 6) is -0.153. The van der Waals surface area contributed by atoms with Crippen LogP contribution < -0.4 is 16.0 Å². The lowest BCUT2D eigenvalue weighted by molar-refractivity contribution is 0.0944. The zero-order valence-electron chi connectivity index (χ0n) is 13.9. The minimum Gasteiger partial charge on any atom is -0.350 e. The van der Waals surface area contributed by atoms with Crippen molar-refractivity contribution >= 4 is 28.7 Å². The number of nitrogens with one attached hydrogen (secondary N) is 3. The summed E-state index contributed by atoms with van der Waals surface area (Å²) in [7, 11) is 1.84. The van der Waals surface area contributed by atoms with Crippen LogP contribution in [0.15, 0.2) is 18.5 Å². The Morgan fingerprint density at radius 3 is 2.74 bits per heavy atom. The number of amides is 3. The van der Waals surface area contributed by atoms with E-state index < -0.39 is 0 Å². The molecule has 0 aliphatic rings. The molecule has 0 spiro atoms. The number of aromatic nitrogens is 2. The first-order valence-electron chi connectivity index (χ1n) is 7.73. The molecule has 2 rings (SSSR count). The van der Waals surface area contributed by atoms with E-state index in [1.807, 2.05) is 27.8 Å². The van der Waals surface area contributed by atoms with Crippen molar-refractivity contribution in [2.75, 3.05) is 11.9 Å². The Labute approximate surface area is 135 Å². The Bertz CT molecular complexity index is 721. The third-order valence-corrected chi connectivity index (χ3v) is 3.27. The standard InChI is InChI=1S/C16H23N5O2/c1-5-6-17-16(23)20-11-7-12-13(15(22)19-10(2)3)9-21(4)14(12)18-8-11/h7-10H,5-6H2,1-4H3,(H,19,22)(H2,17,20,23). The van der Waals surface area contributed by atoms with E-state index in [4.69, 9.17) is 0 Å². The summed E-state index contributed by atoms with van der Waals surface area (Å²) < 4.78 is 1.80. The van der Waals surface area contributed by atoms with Gasteiger partial charge in [0.2, 0.25) is 0 Å². The molecule has 3 amide bonds. The third-order valence-electron chi connectivity index (χ3n) is 3.27. The quantitative estimate of drug-likeness (QED) is 0.790. The number of pyridine rings is 1. The summed E-state index contributed by atoms with van der Waals surface area (Å²) in [4.78, 5) is 28.4. The first-order chi connectivity index (χ1) is 10.9. The highest BCUT2D eigenvalue weighted by Crippen LogP contribution is 2.22. The summed E-state index contributed by atoms with van der Waals surface area (Å²) >= 11 is 0. The molecule has 0 saturated heterocycles. The van der Waals surface area contributed by atoms with Gasteiger partial charge < -0.3 is 20.5 Å². The molecular weight excluding hydrogens is 294 g/mol. The second kappa shape index (κ2) is 7.13. The molecule has 0 atom stereocenters. The van der Waals surface area contributed by atoms with Gasteiger partial charge in [-0.1, -0.05) is 6.92 Å². The average molecular weight is 317 g/mol. The zero-order chi connectivity index (χ0) is 17.0. The smallest absolute Gasteiger partial charge is 0.319 e. The number of hydrogen-bond donors (Lipinski definition) is 3. The zero-order valence-corrected chi connectivity index (χ0v) is 13.9. The van der Waals surface area contributed by atoms with Crippen LogP contribution in [-0.4, -0.2) is 34.1 Å². The fraction of sp³-hybridized carbons (Fsp3) is 0.438. The molecule has 0 aromatic carbocycles. The molecule has 2 heterocycles. The van der Waals surface area contributed by atoms with E-state index in [1.54, 1.807) is 23.0 Å². The fourth-order valence-corrected chi connectivity index (χ4v) is 2.26. The highest BCUT2D eigenvalue weighted by molar-refractivity contribution is 6.07. The predicted molar refractivity (Wildman–Crippen MR) is 90.6 cm³/mol. The number of hydrogen-bond acceptors (Lipinski definition) is 3. The molecule has 7 nitrogen and oxygen atoms in total. The van der Waals surface area contributed by atoms with E-state index in [1.165, 1.54) is 0 Å². The number of nitrogens with zero attached hydrogens (tertiary/aromatic N) is 2. The van der Waals surface area contributed by atoms with Gasteiger partial charge in [-0.3, -0.25) is 4.79 Å². The van der Waals surface area contributed by atoms with Gasteiger partial charge in [0.15, 0.2) is 0 Å². The lowest BCUT2D eigenvalue weighted by Crippen LogP contribution is -2.30. The van der Waals surface area contributed by atoms with Crippen LogP contribution in [-0.2, 0) is 7.05 Å². The van der Waals surface area contributed by atoms with Crippen LogP contribution in [0.25, 0.3) is 11.0 Å². The van der Waals surface area contributed by atoms with Crippen molar-refractivity contribution in [3.8, 4) is 0 Å². The first-order valence-corrected chi connectivity index (χ1v) is 7.73. The minimum absolute atomic E-state index is 0.0480. The SMILES string of the molecule is CCCNC(=O)Nc1cnc2c(c1)c(C(=O)NC(C)C)cn2C. The van der Waals surface area contributed by atoms with Gasteiger partial charge >= 0.3 is 6.03 Å². The molecule has 0 radical (unpaired) electrons. The van der Waals surface area contributed by atoms with Crippen LogP contribution in [0.2, 0.25) is 0 Å². The maximum Gasteiger partial charge on any atom is 0.319 e. The van der Waals surface area contributed by atoms with E-state index in [2.05, 4.69) is 20.9 Å². The van der Waals surface area contributed by atoms with E-state index in [9.17, 15) is 9.59 Å². The Morgan fingerprint density at radius 2 is 2.09 bits per heavy atom. The number of carbonyl (C=O) groups is 2. The number of carbonyl (C=O) groups excluding carboxylic acids is 2. The molecule has 23 heavy (non-hydrogen) atoms. The Kier molecular flexibility index (Phi) is 5.20. The molecular formula is C16H23N5O2. The van der Waals surface area contributed by atoms with Crippen LogP contribution >= 0.6 is 0 Å². The van der Waals surface area contributed by atoms with E-state index in [-0.39, 0.29) is 18.0 Å². The van der Waals surface area contributed by atoms with Crippen molar-refractivity contribution < 1.29 is 9.59 Å². The molecule has 3 N–H and O–H groups in total. The fourth-order valence-electron chi connectivity index (χ4n) is 2.26. The first kappa shape index (κ1) is 16.8. The van der Waals surface area contributed by atoms with Crippen molar-refractivity contribution in [2.45, 2.75) is 33.2 Å². The van der Waals surface area contributed by atoms with Crippen LogP contribution in [0.1, 0.15) is 37.6 Å². The van der Waals surface area contributed by atoms with Crippen molar-refractivity contribution in [2.24, 2.45) is 7.05 Å². The number of rotatable bonds is 5. The van der Waals surface area contributed by atoms with E-state index >= 15 is 0 Å². The lowest BCUT2D eigenvalue weighted by atomic mass is 10.2. The molecule has 2 aromatic heterocycles. The molecule has 7 heteroatoms. The average Bonchev–Trinajstić information content (AvgIpc) is 2.81. The van der Waals surface area contributed by atoms with Crippen molar-refractivity contribution in [1.29, 1.82) is 0 Å². The van der Waals surface area contributed by atoms with Gasteiger partial charge in [0, 0.05) is 31.2 Å². The van der Waals surface area contributed by atoms with Gasteiger partial charge in [-0.15, -0.1) is 0 Å². The van der Waals surface area contributed by atoms with E-state index in [0.717, 1.165) is 6.42 Å². The molecule has 0 saturated carbocycles. The van der Waals surface area contributed by atoms with Gasteiger partial charge in [-0.25, -0.2) is 9.78 Å². The van der Waals surface area contributed by atoms with Crippen molar-refractivity contribution in [1.82, 2.24) is 20.2 Å². The summed E-state index contributed by atoms with van der Waals surface area (Å²) in [6, 6.07) is 1.53. The number of anilines is 1. The monoisotopic (exact) mass is 317 g/mol. The summed E-state index contributed by atoms with van der Waals surface area (Å²) in [6.07, 6.45) is 4.19. The van der Waals surface area contributed by atoms with Gasteiger partial charge in [0.05, 0.1) is 17.4 Å². The van der Waals surface area contributed by atoms with Crippen LogP contribution in [0.5, 0.6) is 0 Å². The normalized spacial score (nSPS) is 10.8. The highest BCUT2D eigenvalue weighted by Gasteiger charge is 2.16. The maximum absolute atomic E-state index is 12.3. The van der Waals surface area contributed by atoms with Gasteiger partial charge in [0.1, 0.15) is 5.65 Å². The maximum atomic E-state index is 12.3. The summed E-state index contributed by atoms with van der Waals surface area (Å²) in [5, 5.41) is 9.05. The van der Waals surface area contributed by atoms with Gasteiger partial charge in [-0.2, -0.15) is 0 Å². The van der Waals surface area contributed by atoms with Gasteiger partial charge in [0.25, 0.3) is 5.91 Å². The number of aryl methyl sites for hydroxylation is 1. The molecule has 0 unspecified atom stereocenters. The lowest BCUT2D eigenvalue weighted by Gasteiger charge is -2.08. The van der Waals surface area contributed by atoms with E-state index in [0.29, 0.717) is 28.8 Å². The predicted octanol–water partition coefficient (Wildman–Crippen LogP) is 2.24. The van der Waals surface area contributed by atoms with Crippen LogP contribution in [0.3, 0.4) is 0 Å². The highest BCUT2D eigenvalue weighted by atomic mass is 16.2. The molecule has 124 valence electrons. The minimum atomic E-state index is -0.280. The van der Waals surface area contributed by atoms with Crippen LogP contribution in [0, 0.1) is 0 Å². The Morgan fingerprint density at radius 1 is 1.35 bits per heavy atom. The molecule has 0 aliphatic heterocycles. The summed E-state index contributed by atoms with van der Waals surface area (Å²) in [5.41, 5.74) is 1.79. The van der Waals surface area contributed by atoms with Gasteiger partial charge in [-0.05, 0) is 26.3 Å². The van der Waals surface area contributed by atoms with Crippen molar-refractivity contribution in [3.05, 3.63) is 24.0 Å². The number of urea groups is 1. The van der Waals surface area contributed by atoms with Crippen molar-refractivity contribution in [3.63, 3.8) is 0 Å². The second-order valence-corrected chi connectivity index (χ2v) is 5.76. The topological polar surface area (TPSA) is 88.1 Å². The second-order valence-electron chi connectivity index (χ2n) is 5.76. The summed E-state index contributed by atoms with van der Waals surface area (Å²) in [6.45, 7) is 6.41.